The van der Waals surface area contributed by atoms with Gasteiger partial charge < -0.3 is 5.32 Å². The summed E-state index contributed by atoms with van der Waals surface area (Å²) >= 11 is 6.30. The second-order valence-electron chi connectivity index (χ2n) is 4.32. The highest BCUT2D eigenvalue weighted by Crippen LogP contribution is 2.40. The van der Waals surface area contributed by atoms with Gasteiger partial charge in [0, 0.05) is 28.9 Å². The van der Waals surface area contributed by atoms with Gasteiger partial charge in [-0.3, -0.25) is 4.90 Å². The fourth-order valence-corrected chi connectivity index (χ4v) is 2.84. The van der Waals surface area contributed by atoms with Crippen molar-refractivity contribution >= 4 is 17.3 Å². The molecule has 2 aliphatic heterocycles. The van der Waals surface area contributed by atoms with E-state index in [0.29, 0.717) is 6.04 Å². The molecule has 1 saturated heterocycles. The molecule has 1 fully saturated rings. The first-order chi connectivity index (χ1) is 7.36. The number of fused-ring (bicyclic) bond motifs is 1. The van der Waals surface area contributed by atoms with E-state index >= 15 is 0 Å². The maximum atomic E-state index is 6.30. The summed E-state index contributed by atoms with van der Waals surface area (Å²) in [6.45, 7) is 3.53. The zero-order chi connectivity index (χ0) is 10.3. The van der Waals surface area contributed by atoms with Crippen molar-refractivity contribution in [1.29, 1.82) is 0 Å². The van der Waals surface area contributed by atoms with Gasteiger partial charge in [-0.15, -0.1) is 0 Å². The Balaban J connectivity index is 2.00. The molecule has 0 amide bonds. The van der Waals surface area contributed by atoms with E-state index in [4.69, 9.17) is 11.6 Å². The van der Waals surface area contributed by atoms with Gasteiger partial charge in [0.1, 0.15) is 0 Å². The lowest BCUT2D eigenvalue weighted by Gasteiger charge is -2.41. The zero-order valence-corrected chi connectivity index (χ0v) is 9.43. The van der Waals surface area contributed by atoms with E-state index in [1.807, 2.05) is 12.1 Å². The van der Waals surface area contributed by atoms with Crippen LogP contribution in [-0.4, -0.2) is 24.5 Å². The molecule has 2 aliphatic rings. The first-order valence-corrected chi connectivity index (χ1v) is 6.00. The van der Waals surface area contributed by atoms with Gasteiger partial charge in [0.05, 0.1) is 0 Å². The first-order valence-electron chi connectivity index (χ1n) is 5.62. The van der Waals surface area contributed by atoms with Gasteiger partial charge in [-0.05, 0) is 38.1 Å². The Bertz CT molecular complexity index is 374. The van der Waals surface area contributed by atoms with Crippen molar-refractivity contribution in [1.82, 2.24) is 4.90 Å². The van der Waals surface area contributed by atoms with Gasteiger partial charge in [-0.1, -0.05) is 17.7 Å². The molecule has 1 atom stereocenters. The second kappa shape index (κ2) is 3.69. The Morgan fingerprint density at radius 3 is 2.93 bits per heavy atom. The number of nitrogens with zero attached hydrogens (tertiary/aromatic N) is 1. The number of hydrogen-bond donors (Lipinski definition) is 1. The smallest absolute Gasteiger partial charge is 0.0474 e. The summed E-state index contributed by atoms with van der Waals surface area (Å²) in [5.41, 5.74) is 2.54. The third-order valence-electron chi connectivity index (χ3n) is 3.45. The Hall–Kier alpha value is -0.730. The van der Waals surface area contributed by atoms with Crippen molar-refractivity contribution in [3.05, 3.63) is 28.8 Å². The molecule has 0 bridgehead atoms. The minimum absolute atomic E-state index is 0.545. The van der Waals surface area contributed by atoms with E-state index in [1.165, 1.54) is 37.2 Å². The van der Waals surface area contributed by atoms with Crippen LogP contribution in [0.2, 0.25) is 5.02 Å². The lowest BCUT2D eigenvalue weighted by atomic mass is 9.94. The summed E-state index contributed by atoms with van der Waals surface area (Å²) in [5, 5.41) is 4.34. The molecule has 1 aromatic rings. The van der Waals surface area contributed by atoms with Crippen LogP contribution >= 0.6 is 11.6 Å². The minimum atomic E-state index is 0.545. The number of anilines is 1. The lowest BCUT2D eigenvalue weighted by molar-refractivity contribution is 0.112. The standard InChI is InChI=1S/C12H15ClN2/c13-9-3-1-4-10-12(9)11(5-6-14-10)15-7-2-8-15/h1,3-4,11,14H,2,5-8H2. The number of likely N-dealkylation sites (tertiary alicyclic amines) is 1. The molecular weight excluding hydrogens is 208 g/mol. The van der Waals surface area contributed by atoms with Crippen LogP contribution in [-0.2, 0) is 0 Å². The number of hydrogen-bond acceptors (Lipinski definition) is 2. The van der Waals surface area contributed by atoms with E-state index in [0.717, 1.165) is 11.6 Å². The van der Waals surface area contributed by atoms with Crippen molar-refractivity contribution in [2.45, 2.75) is 18.9 Å². The Morgan fingerprint density at radius 2 is 2.20 bits per heavy atom. The van der Waals surface area contributed by atoms with Crippen LogP contribution in [0.1, 0.15) is 24.4 Å². The van der Waals surface area contributed by atoms with Crippen molar-refractivity contribution in [2.75, 3.05) is 25.0 Å². The number of halogens is 1. The molecule has 0 aromatic heterocycles. The molecule has 0 radical (unpaired) electrons. The van der Waals surface area contributed by atoms with Gasteiger partial charge in [0.2, 0.25) is 0 Å². The molecule has 3 rings (SSSR count). The molecule has 2 nitrogen and oxygen atoms in total. The summed E-state index contributed by atoms with van der Waals surface area (Å²) in [6, 6.07) is 6.70. The molecule has 2 heterocycles. The lowest BCUT2D eigenvalue weighted by Crippen LogP contribution is -2.42. The van der Waals surface area contributed by atoms with Crippen LogP contribution in [0.15, 0.2) is 18.2 Å². The average Bonchev–Trinajstić information content (AvgIpc) is 2.15. The highest BCUT2D eigenvalue weighted by molar-refractivity contribution is 6.31. The van der Waals surface area contributed by atoms with Crippen LogP contribution in [0, 0.1) is 0 Å². The fraction of sp³-hybridized carbons (Fsp3) is 0.500. The Morgan fingerprint density at radius 1 is 1.33 bits per heavy atom. The molecule has 0 saturated carbocycles. The Kier molecular flexibility index (Phi) is 2.33. The summed E-state index contributed by atoms with van der Waals surface area (Å²) in [7, 11) is 0. The summed E-state index contributed by atoms with van der Waals surface area (Å²) in [5.74, 6) is 0. The van der Waals surface area contributed by atoms with Crippen molar-refractivity contribution in [3.8, 4) is 0 Å². The third kappa shape index (κ3) is 1.52. The highest BCUT2D eigenvalue weighted by Gasteiger charge is 2.30. The largest absolute Gasteiger partial charge is 0.385 e. The van der Waals surface area contributed by atoms with E-state index in [1.54, 1.807) is 0 Å². The van der Waals surface area contributed by atoms with E-state index in [9.17, 15) is 0 Å². The predicted molar refractivity (Wildman–Crippen MR) is 63.5 cm³/mol. The molecule has 0 spiro atoms. The van der Waals surface area contributed by atoms with Gasteiger partial charge in [0.25, 0.3) is 0 Å². The molecule has 1 unspecified atom stereocenters. The van der Waals surface area contributed by atoms with Crippen molar-refractivity contribution in [3.63, 3.8) is 0 Å². The fourth-order valence-electron chi connectivity index (χ4n) is 2.54. The highest BCUT2D eigenvalue weighted by atomic mass is 35.5. The van der Waals surface area contributed by atoms with E-state index in [-0.39, 0.29) is 0 Å². The second-order valence-corrected chi connectivity index (χ2v) is 4.73. The molecular formula is C12H15ClN2. The molecule has 1 N–H and O–H groups in total. The summed E-state index contributed by atoms with van der Waals surface area (Å²) in [4.78, 5) is 2.53. The normalized spacial score (nSPS) is 25.3. The molecule has 15 heavy (non-hydrogen) atoms. The van der Waals surface area contributed by atoms with Crippen molar-refractivity contribution in [2.24, 2.45) is 0 Å². The van der Waals surface area contributed by atoms with Gasteiger partial charge in [0.15, 0.2) is 0 Å². The molecule has 0 aliphatic carbocycles. The number of nitrogens with one attached hydrogen (secondary N) is 1. The maximum Gasteiger partial charge on any atom is 0.0474 e. The van der Waals surface area contributed by atoms with Gasteiger partial charge >= 0.3 is 0 Å². The first kappa shape index (κ1) is 9.49. The maximum absolute atomic E-state index is 6.30. The van der Waals surface area contributed by atoms with Crippen LogP contribution in [0.4, 0.5) is 5.69 Å². The average molecular weight is 223 g/mol. The third-order valence-corrected chi connectivity index (χ3v) is 3.78. The van der Waals surface area contributed by atoms with E-state index in [2.05, 4.69) is 16.3 Å². The minimum Gasteiger partial charge on any atom is -0.385 e. The van der Waals surface area contributed by atoms with Gasteiger partial charge in [-0.25, -0.2) is 0 Å². The Labute approximate surface area is 95.2 Å². The topological polar surface area (TPSA) is 15.3 Å². The number of benzene rings is 1. The molecule has 80 valence electrons. The molecule has 3 heteroatoms. The molecule has 1 aromatic carbocycles. The van der Waals surface area contributed by atoms with Crippen LogP contribution < -0.4 is 5.32 Å². The van der Waals surface area contributed by atoms with E-state index < -0.39 is 0 Å². The SMILES string of the molecule is Clc1cccc2c1C(N1CCC1)CCN2. The summed E-state index contributed by atoms with van der Waals surface area (Å²) in [6.07, 6.45) is 2.51. The zero-order valence-electron chi connectivity index (χ0n) is 8.67. The quantitative estimate of drug-likeness (QED) is 0.786. The van der Waals surface area contributed by atoms with Gasteiger partial charge in [-0.2, -0.15) is 0 Å². The summed E-state index contributed by atoms with van der Waals surface area (Å²) < 4.78 is 0. The van der Waals surface area contributed by atoms with Crippen LogP contribution in [0.5, 0.6) is 0 Å². The van der Waals surface area contributed by atoms with Crippen LogP contribution in [0.3, 0.4) is 0 Å². The predicted octanol–water partition coefficient (Wildman–Crippen LogP) is 2.90. The number of rotatable bonds is 1. The monoisotopic (exact) mass is 222 g/mol. The van der Waals surface area contributed by atoms with Crippen molar-refractivity contribution < 1.29 is 0 Å². The van der Waals surface area contributed by atoms with Crippen LogP contribution in [0.25, 0.3) is 0 Å².